The van der Waals surface area contributed by atoms with E-state index in [1.807, 2.05) is 20.8 Å². The Bertz CT molecular complexity index is 1250. The monoisotopic (exact) mass is 790 g/mol. The third kappa shape index (κ3) is 28.9. The normalized spacial score (nSPS) is 14.1. The quantitative estimate of drug-likeness (QED) is 0.0327. The number of amides is 4. The molecule has 0 aromatic heterocycles. The summed E-state index contributed by atoms with van der Waals surface area (Å²) in [5.74, 6) is -6.24. The van der Waals surface area contributed by atoms with Crippen molar-refractivity contribution in [2.24, 2.45) is 56.4 Å². The fourth-order valence-electron chi connectivity index (χ4n) is 4.56. The minimum absolute atomic E-state index is 0.0442. The fraction of sp³-hybridized carbons (Fsp3) is 0.735. The number of rotatable bonds is 23. The van der Waals surface area contributed by atoms with Crippen LogP contribution in [0.1, 0.15) is 100 Å². The number of aliphatic carboxylic acids is 3. The smallest absolute Gasteiger partial charge is 0.326 e. The van der Waals surface area contributed by atoms with Gasteiger partial charge in [0.2, 0.25) is 23.6 Å². The second kappa shape index (κ2) is 30.2. The van der Waals surface area contributed by atoms with Gasteiger partial charge in [-0.2, -0.15) is 0 Å². The van der Waals surface area contributed by atoms with Crippen LogP contribution in [0.25, 0.3) is 0 Å². The highest BCUT2D eigenvalue weighted by Gasteiger charge is 2.34. The Morgan fingerprint density at radius 2 is 0.964 bits per heavy atom. The van der Waals surface area contributed by atoms with E-state index in [1.165, 1.54) is 0 Å². The molecule has 0 aliphatic rings. The lowest BCUT2D eigenvalue weighted by molar-refractivity contribution is -0.144. The highest BCUT2D eigenvalue weighted by atomic mass is 16.4. The summed E-state index contributed by atoms with van der Waals surface area (Å²) in [5, 5.41) is 35.2. The molecule has 7 atom stereocenters. The van der Waals surface area contributed by atoms with Gasteiger partial charge in [-0.25, -0.2) is 4.79 Å². The van der Waals surface area contributed by atoms with E-state index in [0.29, 0.717) is 32.2 Å². The molecule has 4 amide bonds. The summed E-state index contributed by atoms with van der Waals surface area (Å²) >= 11 is 0. The Hall–Kier alpha value is -5.21. The van der Waals surface area contributed by atoms with Crippen molar-refractivity contribution in [1.29, 1.82) is 0 Å². The first-order chi connectivity index (χ1) is 25.4. The maximum Gasteiger partial charge on any atom is 0.326 e. The molecular formula is C34H67N11O10. The SMILES string of the molecule is CC(=O)O.CC(=O)O.CC[C@H](C)[C@H](NC(=O)[C@H](CCCN=C(N)N)NC(=O)[C@H](CC(C)C)NC(=O)[C@@H](NC(=O)[C@H](N)CCCN=C(N)N)[C@@H](C)CC)C(=O)O. The van der Waals surface area contributed by atoms with Crippen LogP contribution in [0.15, 0.2) is 9.98 Å². The molecule has 55 heavy (non-hydrogen) atoms. The van der Waals surface area contributed by atoms with E-state index in [-0.39, 0.29) is 55.5 Å². The summed E-state index contributed by atoms with van der Waals surface area (Å²) in [6.07, 6.45) is 2.38. The molecule has 0 spiro atoms. The lowest BCUT2D eigenvalue weighted by atomic mass is 9.96. The summed E-state index contributed by atoms with van der Waals surface area (Å²) in [4.78, 5) is 91.1. The number of guanidine groups is 2. The van der Waals surface area contributed by atoms with Crippen LogP contribution in [-0.4, -0.2) is 112 Å². The Kier molecular flexibility index (Phi) is 29.7. The molecule has 0 saturated heterocycles. The molecule has 21 heteroatoms. The van der Waals surface area contributed by atoms with Crippen molar-refractivity contribution >= 4 is 53.5 Å². The average Bonchev–Trinajstić information content (AvgIpc) is 3.06. The van der Waals surface area contributed by atoms with Crippen molar-refractivity contribution < 1.29 is 48.9 Å². The van der Waals surface area contributed by atoms with Crippen molar-refractivity contribution in [2.45, 2.75) is 131 Å². The molecule has 0 bridgehead atoms. The number of carboxylic acids is 3. The molecule has 17 N–H and O–H groups in total. The van der Waals surface area contributed by atoms with Crippen LogP contribution >= 0.6 is 0 Å². The summed E-state index contributed by atoms with van der Waals surface area (Å²) in [7, 11) is 0. The minimum atomic E-state index is -1.20. The second-order valence-electron chi connectivity index (χ2n) is 13.4. The van der Waals surface area contributed by atoms with Crippen molar-refractivity contribution in [3.63, 3.8) is 0 Å². The van der Waals surface area contributed by atoms with Gasteiger partial charge < -0.3 is 65.3 Å². The average molecular weight is 790 g/mol. The largest absolute Gasteiger partial charge is 0.481 e. The van der Waals surface area contributed by atoms with Crippen LogP contribution in [0.4, 0.5) is 0 Å². The number of aliphatic imine (C=N–C) groups is 2. The zero-order valence-corrected chi connectivity index (χ0v) is 33.5. The van der Waals surface area contributed by atoms with Crippen LogP contribution in [0.3, 0.4) is 0 Å². The molecule has 0 saturated carbocycles. The number of carbonyl (C=O) groups excluding carboxylic acids is 4. The van der Waals surface area contributed by atoms with Crippen LogP contribution in [0.5, 0.6) is 0 Å². The first-order valence-electron chi connectivity index (χ1n) is 18.1. The zero-order valence-electron chi connectivity index (χ0n) is 33.5. The topological polar surface area (TPSA) is 383 Å². The molecule has 0 heterocycles. The summed E-state index contributed by atoms with van der Waals surface area (Å²) in [6.45, 7) is 13.5. The zero-order chi connectivity index (χ0) is 43.4. The van der Waals surface area contributed by atoms with Crippen LogP contribution < -0.4 is 49.9 Å². The van der Waals surface area contributed by atoms with Crippen molar-refractivity contribution in [1.82, 2.24) is 21.3 Å². The van der Waals surface area contributed by atoms with Gasteiger partial charge in [-0.3, -0.25) is 38.8 Å². The Labute approximate surface area is 323 Å². The molecule has 0 rings (SSSR count). The molecule has 0 aromatic carbocycles. The molecular weight excluding hydrogens is 722 g/mol. The third-order valence-electron chi connectivity index (χ3n) is 7.79. The number of nitrogens with two attached hydrogens (primary N) is 5. The highest BCUT2D eigenvalue weighted by Crippen LogP contribution is 2.13. The molecule has 21 nitrogen and oxygen atoms in total. The molecule has 0 aliphatic heterocycles. The molecule has 0 radical (unpaired) electrons. The second-order valence-corrected chi connectivity index (χ2v) is 13.4. The standard InChI is InChI=1S/C30H59N11O6.2C2H4O2/c1-7-17(5)22(40-24(42)19(31)11-9-13-36-29(32)33)27(45)39-21(15-16(3)4)26(44)38-20(12-10-14-37-30(34)35)25(43)41-23(28(46)47)18(6)8-2;2*1-2(3)4/h16-23H,7-15,31H2,1-6H3,(H,38,44)(H,39,45)(H,40,42)(H,41,43)(H,46,47)(H4,32,33,36)(H4,34,35,37);2*1H3,(H,3,4)/t17-,18-,19+,20-,21-,22-,23-;;/m0../s1. The Balaban J connectivity index is -0.00000305. The number of carbonyl (C=O) groups is 7. The lowest BCUT2D eigenvalue weighted by Crippen LogP contribution is -2.60. The van der Waals surface area contributed by atoms with E-state index < -0.39 is 71.7 Å². The number of hydrogen-bond acceptors (Lipinski definition) is 10. The maximum absolute atomic E-state index is 13.6. The van der Waals surface area contributed by atoms with Crippen molar-refractivity contribution in [3.8, 4) is 0 Å². The van der Waals surface area contributed by atoms with Crippen LogP contribution in [-0.2, 0) is 33.6 Å². The Morgan fingerprint density at radius 1 is 0.582 bits per heavy atom. The number of carboxylic acid groups (broad SMARTS) is 3. The Morgan fingerprint density at radius 3 is 1.36 bits per heavy atom. The van der Waals surface area contributed by atoms with E-state index in [1.54, 1.807) is 20.8 Å². The van der Waals surface area contributed by atoms with Gasteiger partial charge in [0.15, 0.2) is 11.9 Å². The summed E-state index contributed by atoms with van der Waals surface area (Å²) < 4.78 is 0. The van der Waals surface area contributed by atoms with E-state index in [9.17, 15) is 29.1 Å². The molecule has 318 valence electrons. The highest BCUT2D eigenvalue weighted by molar-refractivity contribution is 5.95. The van der Waals surface area contributed by atoms with Crippen molar-refractivity contribution in [3.05, 3.63) is 0 Å². The van der Waals surface area contributed by atoms with Gasteiger partial charge in [-0.1, -0.05) is 54.4 Å². The number of nitrogens with zero attached hydrogens (tertiary/aromatic N) is 2. The van der Waals surface area contributed by atoms with Gasteiger partial charge in [0.25, 0.3) is 11.9 Å². The third-order valence-corrected chi connectivity index (χ3v) is 7.79. The first kappa shape index (κ1) is 54.1. The van der Waals surface area contributed by atoms with Gasteiger partial charge in [-0.05, 0) is 49.9 Å². The van der Waals surface area contributed by atoms with Gasteiger partial charge in [-0.15, -0.1) is 0 Å². The maximum atomic E-state index is 13.6. The van der Waals surface area contributed by atoms with Gasteiger partial charge >= 0.3 is 5.97 Å². The molecule has 0 aromatic rings. The number of nitrogens with one attached hydrogen (secondary N) is 4. The summed E-state index contributed by atoms with van der Waals surface area (Å²) in [5.41, 5.74) is 27.5. The van der Waals surface area contributed by atoms with Crippen LogP contribution in [0.2, 0.25) is 0 Å². The van der Waals surface area contributed by atoms with E-state index in [0.717, 1.165) is 13.8 Å². The van der Waals surface area contributed by atoms with Gasteiger partial charge in [0.05, 0.1) is 6.04 Å². The predicted molar refractivity (Wildman–Crippen MR) is 208 cm³/mol. The molecule has 0 aliphatic carbocycles. The lowest BCUT2D eigenvalue weighted by Gasteiger charge is -2.29. The van der Waals surface area contributed by atoms with Crippen molar-refractivity contribution in [2.75, 3.05) is 13.1 Å². The van der Waals surface area contributed by atoms with E-state index >= 15 is 0 Å². The summed E-state index contributed by atoms with van der Waals surface area (Å²) in [6, 6.07) is -5.30. The molecule has 0 unspecified atom stereocenters. The predicted octanol–water partition coefficient (Wildman–Crippen LogP) is -1.24. The van der Waals surface area contributed by atoms with E-state index in [4.69, 9.17) is 48.5 Å². The fourth-order valence-corrected chi connectivity index (χ4v) is 4.56. The number of hydrogen-bond donors (Lipinski definition) is 12. The minimum Gasteiger partial charge on any atom is -0.481 e. The van der Waals surface area contributed by atoms with Gasteiger partial charge in [0, 0.05) is 26.9 Å². The van der Waals surface area contributed by atoms with E-state index in [2.05, 4.69) is 31.3 Å². The first-order valence-corrected chi connectivity index (χ1v) is 18.1. The molecule has 0 fully saturated rings. The van der Waals surface area contributed by atoms with Crippen LogP contribution in [0, 0.1) is 17.8 Å². The van der Waals surface area contributed by atoms with Gasteiger partial charge in [0.1, 0.15) is 24.2 Å².